The number of nitrogens with zero attached hydrogens (tertiary/aromatic N) is 3. The van der Waals surface area contributed by atoms with Crippen LogP contribution in [0.1, 0.15) is 18.2 Å². The summed E-state index contributed by atoms with van der Waals surface area (Å²) in [5, 5.41) is 4.62. The molecule has 1 saturated heterocycles. The van der Waals surface area contributed by atoms with Gasteiger partial charge < -0.3 is 9.42 Å². The van der Waals surface area contributed by atoms with E-state index < -0.39 is 0 Å². The highest BCUT2D eigenvalue weighted by Gasteiger charge is 2.35. The van der Waals surface area contributed by atoms with Crippen LogP contribution in [-0.2, 0) is 4.79 Å². The molecule has 4 rings (SSSR count). The summed E-state index contributed by atoms with van der Waals surface area (Å²) in [6.45, 7) is 0.423. The van der Waals surface area contributed by atoms with E-state index in [1.165, 1.54) is 12.1 Å². The van der Waals surface area contributed by atoms with Gasteiger partial charge in [-0.25, -0.2) is 4.39 Å². The van der Waals surface area contributed by atoms with E-state index in [1.54, 1.807) is 29.2 Å². The fourth-order valence-electron chi connectivity index (χ4n) is 2.86. The standard InChI is InChI=1S/C18H13ClFN3O2/c19-13-3-1-11(2-4-13)17-21-18(25-22-17)12-9-16(24)23(10-12)15-7-5-14(20)6-8-15/h1-8,12H,9-10H2. The van der Waals surface area contributed by atoms with E-state index in [0.29, 0.717) is 29.0 Å². The first-order valence-corrected chi connectivity index (χ1v) is 8.13. The molecule has 7 heteroatoms. The first-order valence-electron chi connectivity index (χ1n) is 7.75. The molecular formula is C18H13ClFN3O2. The zero-order valence-electron chi connectivity index (χ0n) is 13.0. The Hall–Kier alpha value is -2.73. The van der Waals surface area contributed by atoms with Crippen LogP contribution in [0.2, 0.25) is 5.02 Å². The summed E-state index contributed by atoms with van der Waals surface area (Å²) < 4.78 is 18.4. The highest BCUT2D eigenvalue weighted by Crippen LogP contribution is 2.32. The molecule has 1 aliphatic rings. The van der Waals surface area contributed by atoms with Gasteiger partial charge in [0, 0.05) is 29.2 Å². The van der Waals surface area contributed by atoms with E-state index in [4.69, 9.17) is 16.1 Å². The van der Waals surface area contributed by atoms with Crippen molar-refractivity contribution in [3.05, 3.63) is 65.3 Å². The van der Waals surface area contributed by atoms with Crippen molar-refractivity contribution in [2.45, 2.75) is 12.3 Å². The Kier molecular flexibility index (Phi) is 3.97. The van der Waals surface area contributed by atoms with Crippen LogP contribution in [0.3, 0.4) is 0 Å². The van der Waals surface area contributed by atoms with Crippen LogP contribution in [0.4, 0.5) is 10.1 Å². The summed E-state index contributed by atoms with van der Waals surface area (Å²) in [6.07, 6.45) is 0.277. The number of carbonyl (C=O) groups excluding carboxylic acids is 1. The van der Waals surface area contributed by atoms with Crippen LogP contribution in [0.15, 0.2) is 53.1 Å². The Labute approximate surface area is 148 Å². The van der Waals surface area contributed by atoms with Gasteiger partial charge in [-0.1, -0.05) is 16.8 Å². The SMILES string of the molecule is O=C1CC(c2nc(-c3ccc(Cl)cc3)no2)CN1c1ccc(F)cc1. The van der Waals surface area contributed by atoms with E-state index in [9.17, 15) is 9.18 Å². The minimum absolute atomic E-state index is 0.0529. The quantitative estimate of drug-likeness (QED) is 0.709. The van der Waals surface area contributed by atoms with Crippen molar-refractivity contribution in [2.75, 3.05) is 11.4 Å². The molecule has 1 amide bonds. The molecule has 2 aromatic carbocycles. The first-order chi connectivity index (χ1) is 12.1. The average Bonchev–Trinajstić information content (AvgIpc) is 3.23. The number of halogens is 2. The van der Waals surface area contributed by atoms with Gasteiger partial charge in [-0.3, -0.25) is 4.79 Å². The Morgan fingerprint density at radius 3 is 2.56 bits per heavy atom. The smallest absolute Gasteiger partial charge is 0.232 e. The third kappa shape index (κ3) is 3.13. The molecule has 1 aliphatic heterocycles. The fourth-order valence-corrected chi connectivity index (χ4v) is 2.99. The minimum Gasteiger partial charge on any atom is -0.339 e. The predicted octanol–water partition coefficient (Wildman–Crippen LogP) is 4.05. The third-order valence-corrected chi connectivity index (χ3v) is 4.41. The fraction of sp³-hybridized carbons (Fsp3) is 0.167. The van der Waals surface area contributed by atoms with Gasteiger partial charge in [0.05, 0.1) is 5.92 Å². The Balaban J connectivity index is 1.54. The van der Waals surface area contributed by atoms with E-state index in [-0.39, 0.29) is 24.1 Å². The van der Waals surface area contributed by atoms with Crippen molar-refractivity contribution in [3.8, 4) is 11.4 Å². The van der Waals surface area contributed by atoms with Gasteiger partial charge in [0.25, 0.3) is 0 Å². The maximum Gasteiger partial charge on any atom is 0.232 e. The van der Waals surface area contributed by atoms with Gasteiger partial charge in [-0.15, -0.1) is 0 Å². The molecule has 0 radical (unpaired) electrons. The van der Waals surface area contributed by atoms with Crippen LogP contribution in [0.5, 0.6) is 0 Å². The molecule has 1 atom stereocenters. The van der Waals surface area contributed by atoms with Crippen molar-refractivity contribution in [3.63, 3.8) is 0 Å². The molecule has 25 heavy (non-hydrogen) atoms. The van der Waals surface area contributed by atoms with Crippen LogP contribution < -0.4 is 4.90 Å². The topological polar surface area (TPSA) is 59.2 Å². The average molecular weight is 358 g/mol. The molecule has 0 spiro atoms. The Morgan fingerprint density at radius 1 is 1.12 bits per heavy atom. The zero-order chi connectivity index (χ0) is 17.4. The van der Waals surface area contributed by atoms with E-state index >= 15 is 0 Å². The van der Waals surface area contributed by atoms with Crippen molar-refractivity contribution in [2.24, 2.45) is 0 Å². The number of hydrogen-bond acceptors (Lipinski definition) is 4. The number of hydrogen-bond donors (Lipinski definition) is 0. The maximum atomic E-state index is 13.1. The lowest BCUT2D eigenvalue weighted by Gasteiger charge is -2.15. The molecule has 3 aromatic rings. The number of carbonyl (C=O) groups is 1. The van der Waals surface area contributed by atoms with E-state index in [2.05, 4.69) is 10.1 Å². The third-order valence-electron chi connectivity index (χ3n) is 4.16. The molecule has 0 N–H and O–H groups in total. The Bertz CT molecular complexity index is 909. The summed E-state index contributed by atoms with van der Waals surface area (Å²) >= 11 is 5.88. The summed E-state index contributed by atoms with van der Waals surface area (Å²) in [7, 11) is 0. The lowest BCUT2D eigenvalue weighted by molar-refractivity contribution is -0.117. The van der Waals surface area contributed by atoms with E-state index in [1.807, 2.05) is 12.1 Å². The number of aromatic nitrogens is 2. The van der Waals surface area contributed by atoms with Crippen molar-refractivity contribution >= 4 is 23.2 Å². The van der Waals surface area contributed by atoms with Gasteiger partial charge in [0.1, 0.15) is 5.82 Å². The summed E-state index contributed by atoms with van der Waals surface area (Å²) in [6, 6.07) is 13.0. The molecule has 126 valence electrons. The van der Waals surface area contributed by atoms with E-state index in [0.717, 1.165) is 5.56 Å². The summed E-state index contributed by atoms with van der Waals surface area (Å²) in [5.74, 6) is 0.299. The van der Waals surface area contributed by atoms with Crippen molar-refractivity contribution in [1.29, 1.82) is 0 Å². The number of anilines is 1. The number of benzene rings is 2. The van der Waals surface area contributed by atoms with Gasteiger partial charge in [-0.2, -0.15) is 4.98 Å². The summed E-state index contributed by atoms with van der Waals surface area (Å²) in [5.41, 5.74) is 1.45. The largest absolute Gasteiger partial charge is 0.339 e. The molecular weight excluding hydrogens is 345 g/mol. The lowest BCUT2D eigenvalue weighted by atomic mass is 10.1. The van der Waals surface area contributed by atoms with Crippen LogP contribution in [-0.4, -0.2) is 22.6 Å². The second-order valence-corrected chi connectivity index (χ2v) is 6.28. The molecule has 0 aliphatic carbocycles. The molecule has 1 fully saturated rings. The normalized spacial score (nSPS) is 17.3. The zero-order valence-corrected chi connectivity index (χ0v) is 13.8. The molecule has 1 aromatic heterocycles. The highest BCUT2D eigenvalue weighted by atomic mass is 35.5. The van der Waals surface area contributed by atoms with Gasteiger partial charge in [0.2, 0.25) is 17.6 Å². The molecule has 0 saturated carbocycles. The first kappa shape index (κ1) is 15.8. The van der Waals surface area contributed by atoms with Crippen LogP contribution >= 0.6 is 11.6 Å². The van der Waals surface area contributed by atoms with Crippen LogP contribution in [0.25, 0.3) is 11.4 Å². The number of amides is 1. The second kappa shape index (κ2) is 6.29. The highest BCUT2D eigenvalue weighted by molar-refractivity contribution is 6.30. The van der Waals surface area contributed by atoms with Gasteiger partial charge >= 0.3 is 0 Å². The molecule has 1 unspecified atom stereocenters. The number of rotatable bonds is 3. The lowest BCUT2D eigenvalue weighted by Crippen LogP contribution is -2.24. The van der Waals surface area contributed by atoms with Crippen LogP contribution in [0, 0.1) is 5.82 Å². The summed E-state index contributed by atoms with van der Waals surface area (Å²) in [4.78, 5) is 18.3. The maximum absolute atomic E-state index is 13.1. The van der Waals surface area contributed by atoms with Crippen molar-refractivity contribution in [1.82, 2.24) is 10.1 Å². The Morgan fingerprint density at radius 2 is 1.84 bits per heavy atom. The van der Waals surface area contributed by atoms with Gasteiger partial charge in [-0.05, 0) is 48.5 Å². The monoisotopic (exact) mass is 357 g/mol. The molecule has 2 heterocycles. The minimum atomic E-state index is -0.337. The van der Waals surface area contributed by atoms with Gasteiger partial charge in [0.15, 0.2) is 0 Å². The molecule has 5 nitrogen and oxygen atoms in total. The van der Waals surface area contributed by atoms with Crippen molar-refractivity contribution < 1.29 is 13.7 Å². The molecule has 0 bridgehead atoms. The predicted molar refractivity (Wildman–Crippen MR) is 90.9 cm³/mol. The second-order valence-electron chi connectivity index (χ2n) is 5.84.